The highest BCUT2D eigenvalue weighted by Crippen LogP contribution is 2.19. The van der Waals surface area contributed by atoms with Gasteiger partial charge in [-0.2, -0.15) is 0 Å². The third kappa shape index (κ3) is 7.80. The molecule has 0 heterocycles. The van der Waals surface area contributed by atoms with E-state index in [0.29, 0.717) is 12.2 Å². The van der Waals surface area contributed by atoms with Crippen molar-refractivity contribution in [3.8, 4) is 0 Å². The van der Waals surface area contributed by atoms with Crippen LogP contribution in [0.15, 0.2) is 71.6 Å². The summed E-state index contributed by atoms with van der Waals surface area (Å²) in [5, 5.41) is 4.54. The number of hydrogen-bond donors (Lipinski definition) is 2. The van der Waals surface area contributed by atoms with E-state index in [1.165, 1.54) is 4.90 Å². The Kier molecular flexibility index (Phi) is 8.14. The van der Waals surface area contributed by atoms with E-state index in [-0.39, 0.29) is 23.8 Å². The fourth-order valence-corrected chi connectivity index (χ4v) is 4.43. The first-order valence-electron chi connectivity index (χ1n) is 11.2. The summed E-state index contributed by atoms with van der Waals surface area (Å²) < 4.78 is 33.1. The second-order valence-corrected chi connectivity index (χ2v) is 11.0. The first kappa shape index (κ1) is 26.2. The van der Waals surface area contributed by atoms with Crippen molar-refractivity contribution in [1.82, 2.24) is 9.62 Å². The van der Waals surface area contributed by atoms with Gasteiger partial charge < -0.3 is 15.0 Å². The molecule has 0 saturated heterocycles. The smallest absolute Gasteiger partial charge is 0.410 e. The third-order valence-corrected chi connectivity index (χ3v) is 6.47. The molecule has 2 N–H and O–H groups in total. The largest absolute Gasteiger partial charge is 0.444 e. The van der Waals surface area contributed by atoms with Crippen LogP contribution in [0, 0.1) is 0 Å². The van der Waals surface area contributed by atoms with Crippen LogP contribution in [-0.2, 0) is 26.1 Å². The molecule has 3 aromatic rings. The summed E-state index contributed by atoms with van der Waals surface area (Å²) in [6.07, 6.45) is -0.472. The van der Waals surface area contributed by atoms with Crippen LogP contribution in [0.4, 0.5) is 10.5 Å². The van der Waals surface area contributed by atoms with Gasteiger partial charge in [0.1, 0.15) is 5.60 Å². The molecule has 3 rings (SSSR count). The Labute approximate surface area is 206 Å². The monoisotopic (exact) mass is 497 g/mol. The minimum Gasteiger partial charge on any atom is -0.444 e. The molecule has 2 amide bonds. The lowest BCUT2D eigenvalue weighted by Crippen LogP contribution is -2.33. The van der Waals surface area contributed by atoms with E-state index in [1.807, 2.05) is 30.3 Å². The fourth-order valence-electron chi connectivity index (χ4n) is 3.37. The Bertz CT molecular complexity index is 1320. The molecule has 0 aliphatic rings. The van der Waals surface area contributed by atoms with Crippen molar-refractivity contribution >= 4 is 38.5 Å². The van der Waals surface area contributed by atoms with E-state index in [9.17, 15) is 18.0 Å². The van der Waals surface area contributed by atoms with Gasteiger partial charge in [-0.3, -0.25) is 4.79 Å². The van der Waals surface area contributed by atoms with Crippen molar-refractivity contribution < 1.29 is 22.7 Å². The van der Waals surface area contributed by atoms with Gasteiger partial charge in [-0.25, -0.2) is 17.9 Å². The first-order valence-corrected chi connectivity index (χ1v) is 12.7. The number of benzene rings is 3. The summed E-state index contributed by atoms with van der Waals surface area (Å²) in [5.74, 6) is -0.330. The van der Waals surface area contributed by atoms with Gasteiger partial charge in [-0.05, 0) is 61.4 Å². The molecule has 9 heteroatoms. The molecule has 0 spiro atoms. The van der Waals surface area contributed by atoms with Crippen LogP contribution < -0.4 is 10.0 Å². The Morgan fingerprint density at radius 2 is 1.66 bits per heavy atom. The lowest BCUT2D eigenvalue weighted by atomic mass is 10.1. The standard InChI is InChI=1S/C26H31N3O5S/c1-26(2,3)34-25(31)29(4)18-19-8-7-11-22(16-19)28-24(30)14-15-27-35(32,33)23-13-12-20-9-5-6-10-21(20)17-23/h5-13,16-17,27H,14-15,18H2,1-4H3,(H,28,30). The average Bonchev–Trinajstić information content (AvgIpc) is 2.77. The van der Waals surface area contributed by atoms with Gasteiger partial charge in [0.25, 0.3) is 0 Å². The maximum Gasteiger partial charge on any atom is 0.410 e. The van der Waals surface area contributed by atoms with Crippen LogP contribution in [0.1, 0.15) is 32.8 Å². The molecule has 0 saturated carbocycles. The van der Waals surface area contributed by atoms with Crippen LogP contribution in [0.2, 0.25) is 0 Å². The van der Waals surface area contributed by atoms with E-state index in [4.69, 9.17) is 4.74 Å². The number of rotatable bonds is 8. The lowest BCUT2D eigenvalue weighted by molar-refractivity contribution is -0.116. The van der Waals surface area contributed by atoms with Crippen molar-refractivity contribution in [2.75, 3.05) is 18.9 Å². The number of carbonyl (C=O) groups excluding carboxylic acids is 2. The summed E-state index contributed by atoms with van der Waals surface area (Å²) in [5.41, 5.74) is 0.785. The van der Waals surface area contributed by atoms with Crippen molar-refractivity contribution in [1.29, 1.82) is 0 Å². The predicted octanol–water partition coefficient (Wildman–Crippen LogP) is 4.51. The number of ether oxygens (including phenoxy) is 1. The van der Waals surface area contributed by atoms with Gasteiger partial charge >= 0.3 is 6.09 Å². The summed E-state index contributed by atoms with van der Waals surface area (Å²) in [6, 6.07) is 19.5. The summed E-state index contributed by atoms with van der Waals surface area (Å²) in [4.78, 5) is 26.2. The van der Waals surface area contributed by atoms with Gasteiger partial charge in [0.2, 0.25) is 15.9 Å². The molecule has 8 nitrogen and oxygen atoms in total. The third-order valence-electron chi connectivity index (χ3n) is 5.01. The van der Waals surface area contributed by atoms with E-state index < -0.39 is 21.7 Å². The zero-order valence-corrected chi connectivity index (χ0v) is 21.2. The molecule has 0 unspecified atom stereocenters. The molecule has 0 radical (unpaired) electrons. The minimum absolute atomic E-state index is 0.0329. The van der Waals surface area contributed by atoms with E-state index in [1.54, 1.807) is 64.2 Å². The molecule has 3 aromatic carbocycles. The van der Waals surface area contributed by atoms with Crippen LogP contribution in [0.5, 0.6) is 0 Å². The van der Waals surface area contributed by atoms with Crippen LogP contribution >= 0.6 is 0 Å². The lowest BCUT2D eigenvalue weighted by Gasteiger charge is -2.24. The minimum atomic E-state index is -3.74. The van der Waals surface area contributed by atoms with Gasteiger partial charge in [-0.15, -0.1) is 0 Å². The average molecular weight is 498 g/mol. The number of carbonyl (C=O) groups is 2. The molecule has 186 valence electrons. The van der Waals surface area contributed by atoms with Crippen LogP contribution in [0.25, 0.3) is 10.8 Å². The Balaban J connectivity index is 1.52. The SMILES string of the molecule is CN(Cc1cccc(NC(=O)CCNS(=O)(=O)c2ccc3ccccc3c2)c1)C(=O)OC(C)(C)C. The highest BCUT2D eigenvalue weighted by molar-refractivity contribution is 7.89. The number of nitrogens with zero attached hydrogens (tertiary/aromatic N) is 1. The van der Waals surface area contributed by atoms with Gasteiger partial charge in [0.15, 0.2) is 0 Å². The summed E-state index contributed by atoms with van der Waals surface area (Å²) in [7, 11) is -2.10. The quantitative estimate of drug-likeness (QED) is 0.476. The number of hydrogen-bond acceptors (Lipinski definition) is 5. The van der Waals surface area contributed by atoms with Gasteiger partial charge in [0, 0.05) is 32.2 Å². The Morgan fingerprint density at radius 3 is 2.37 bits per heavy atom. The number of sulfonamides is 1. The van der Waals surface area contributed by atoms with Gasteiger partial charge in [0.05, 0.1) is 4.90 Å². The zero-order valence-electron chi connectivity index (χ0n) is 20.4. The molecule has 35 heavy (non-hydrogen) atoms. The summed E-state index contributed by atoms with van der Waals surface area (Å²) >= 11 is 0. The number of fused-ring (bicyclic) bond motifs is 1. The summed E-state index contributed by atoms with van der Waals surface area (Å²) in [6.45, 7) is 5.68. The van der Waals surface area contributed by atoms with Crippen molar-refractivity contribution in [2.24, 2.45) is 0 Å². The maximum absolute atomic E-state index is 12.6. The topological polar surface area (TPSA) is 105 Å². The number of nitrogens with one attached hydrogen (secondary N) is 2. The van der Waals surface area contributed by atoms with Crippen molar-refractivity contribution in [3.63, 3.8) is 0 Å². The molecule has 0 fully saturated rings. The van der Waals surface area contributed by atoms with Crippen LogP contribution in [-0.4, -0.2) is 44.5 Å². The maximum atomic E-state index is 12.6. The molecular formula is C26H31N3O5S. The molecular weight excluding hydrogens is 466 g/mol. The molecule has 0 aliphatic carbocycles. The Morgan fingerprint density at radius 1 is 0.943 bits per heavy atom. The molecule has 0 aromatic heterocycles. The normalized spacial score (nSPS) is 11.8. The molecule has 0 atom stereocenters. The van der Waals surface area contributed by atoms with Crippen molar-refractivity contribution in [3.05, 3.63) is 72.3 Å². The zero-order chi connectivity index (χ0) is 25.6. The fraction of sp³-hybridized carbons (Fsp3) is 0.308. The van der Waals surface area contributed by atoms with Gasteiger partial charge in [-0.1, -0.05) is 42.5 Å². The van der Waals surface area contributed by atoms with Crippen LogP contribution in [0.3, 0.4) is 0 Å². The predicted molar refractivity (Wildman–Crippen MR) is 137 cm³/mol. The second kappa shape index (κ2) is 10.9. The second-order valence-electron chi connectivity index (χ2n) is 9.24. The number of anilines is 1. The van der Waals surface area contributed by atoms with E-state index in [0.717, 1.165) is 16.3 Å². The van der Waals surface area contributed by atoms with Crippen molar-refractivity contribution in [2.45, 2.75) is 44.2 Å². The number of amides is 2. The first-order chi connectivity index (χ1) is 16.4. The highest BCUT2D eigenvalue weighted by Gasteiger charge is 2.20. The highest BCUT2D eigenvalue weighted by atomic mass is 32.2. The van der Waals surface area contributed by atoms with E-state index >= 15 is 0 Å². The van der Waals surface area contributed by atoms with E-state index in [2.05, 4.69) is 10.0 Å². The molecule has 0 aliphatic heterocycles. The molecule has 0 bridgehead atoms. The Hall–Kier alpha value is -3.43.